The van der Waals surface area contributed by atoms with Crippen LogP contribution >= 0.6 is 0 Å². The summed E-state index contributed by atoms with van der Waals surface area (Å²) in [7, 11) is 4.44. The second-order valence-corrected chi connectivity index (χ2v) is 14.0. The highest BCUT2D eigenvalue weighted by molar-refractivity contribution is 6.32. The molecule has 1 saturated heterocycles. The molecule has 3 aliphatic carbocycles. The number of aromatic hydroxyl groups is 1. The second kappa shape index (κ2) is 13.2. The number of nitrogens with two attached hydrogens (primary N) is 1. The number of esters is 1. The summed E-state index contributed by atoms with van der Waals surface area (Å²) in [5.74, 6) is -11.7. The average Bonchev–Trinajstić information content (AvgIpc) is 3.06. The molecule has 5 N–H and O–H groups in total. The molecule has 0 aromatic heterocycles. The van der Waals surface area contributed by atoms with Crippen molar-refractivity contribution in [1.82, 2.24) is 9.80 Å². The minimum absolute atomic E-state index is 0.0513. The Morgan fingerprint density at radius 1 is 1.02 bits per heavy atom. The van der Waals surface area contributed by atoms with E-state index in [1.54, 1.807) is 30.3 Å². The molecule has 2 saturated carbocycles. The van der Waals surface area contributed by atoms with Crippen molar-refractivity contribution < 1.29 is 48.5 Å². The molecule has 14 heteroatoms. The van der Waals surface area contributed by atoms with E-state index < -0.39 is 64.4 Å². The van der Waals surface area contributed by atoms with E-state index in [0.29, 0.717) is 48.3 Å². The number of likely N-dealkylation sites (tertiary alicyclic amines) is 1. The molecule has 14 nitrogen and oxygen atoms in total. The predicted octanol–water partition coefficient (Wildman–Crippen LogP) is 0.358. The number of phenolic OH excluding ortho intramolecular Hbond substituents is 1. The highest BCUT2D eigenvalue weighted by Crippen LogP contribution is 2.51. The summed E-state index contributed by atoms with van der Waals surface area (Å²) in [6, 6.07) is 8.75. The molecule has 4 aliphatic rings. The Hall–Kier alpha value is -4.79. The SMILES string of the molecule is COC(=O)C1CCN(CC(=O)Nc2ccc(-c3ccc(O)c4c3C[C@H]3C[C@H]5[C@H](N(C)C)C(=O)C(C(N)=O)C(=O)[C@@]5(O)C(=O)C3C4=O)cc2)CC1. The van der Waals surface area contributed by atoms with Crippen LogP contribution in [0.15, 0.2) is 36.4 Å². The van der Waals surface area contributed by atoms with Gasteiger partial charge >= 0.3 is 5.97 Å². The zero-order valence-electron chi connectivity index (χ0n) is 28.0. The Kier molecular flexibility index (Phi) is 9.22. The van der Waals surface area contributed by atoms with Crippen molar-refractivity contribution in [3.8, 4) is 16.9 Å². The van der Waals surface area contributed by atoms with Crippen LogP contribution in [0, 0.1) is 29.6 Å². The number of piperidine rings is 1. The first-order chi connectivity index (χ1) is 23.7. The minimum atomic E-state index is -2.79. The van der Waals surface area contributed by atoms with Crippen molar-refractivity contribution in [1.29, 1.82) is 0 Å². The quantitative estimate of drug-likeness (QED) is 0.229. The van der Waals surface area contributed by atoms with Crippen molar-refractivity contribution in [2.75, 3.05) is 46.2 Å². The van der Waals surface area contributed by atoms with Gasteiger partial charge in [0.15, 0.2) is 34.7 Å². The monoisotopic (exact) mass is 688 g/mol. The third-order valence-corrected chi connectivity index (χ3v) is 10.9. The summed E-state index contributed by atoms with van der Waals surface area (Å²) in [6.45, 7) is 1.36. The fraction of sp³-hybridized carbons (Fsp3) is 0.472. The Labute approximate surface area is 287 Å². The molecule has 6 rings (SSSR count). The lowest BCUT2D eigenvalue weighted by Crippen LogP contribution is -2.74. The number of primary amides is 1. The van der Waals surface area contributed by atoms with Crippen LogP contribution in [0.3, 0.4) is 0 Å². The summed E-state index contributed by atoms with van der Waals surface area (Å²) in [4.78, 5) is 95.1. The number of likely N-dealkylation sites (N-methyl/N-ethyl adjacent to an activating group) is 1. The lowest BCUT2D eigenvalue weighted by atomic mass is 9.52. The molecule has 3 fully saturated rings. The maximum Gasteiger partial charge on any atom is 0.308 e. The molecule has 2 unspecified atom stereocenters. The maximum absolute atomic E-state index is 14.0. The third-order valence-electron chi connectivity index (χ3n) is 10.9. The van der Waals surface area contributed by atoms with Gasteiger partial charge in [0.1, 0.15) is 5.75 Å². The molecule has 1 heterocycles. The van der Waals surface area contributed by atoms with Crippen molar-refractivity contribution in [2.45, 2.75) is 37.3 Å². The number of amides is 2. The highest BCUT2D eigenvalue weighted by atomic mass is 16.5. The van der Waals surface area contributed by atoms with E-state index in [0.717, 1.165) is 0 Å². The molecule has 264 valence electrons. The molecule has 2 amide bonds. The molecule has 2 aromatic rings. The zero-order valence-corrected chi connectivity index (χ0v) is 28.0. The number of benzene rings is 2. The molecule has 1 aliphatic heterocycles. The normalized spacial score (nSPS) is 28.5. The van der Waals surface area contributed by atoms with Crippen LogP contribution in [0.4, 0.5) is 5.69 Å². The van der Waals surface area contributed by atoms with Crippen molar-refractivity contribution in [3.05, 3.63) is 47.5 Å². The van der Waals surface area contributed by atoms with Gasteiger partial charge in [0, 0.05) is 11.6 Å². The molecule has 0 radical (unpaired) electrons. The number of anilines is 1. The van der Waals surface area contributed by atoms with E-state index in [1.165, 1.54) is 32.2 Å². The Morgan fingerprint density at radius 2 is 1.68 bits per heavy atom. The Morgan fingerprint density at radius 3 is 2.28 bits per heavy atom. The first kappa shape index (κ1) is 35.1. The predicted molar refractivity (Wildman–Crippen MR) is 177 cm³/mol. The van der Waals surface area contributed by atoms with Gasteiger partial charge in [-0.05, 0) is 93.7 Å². The number of carbonyl (C=O) groups excluding carboxylic acids is 7. The zero-order chi connectivity index (χ0) is 36.2. The minimum Gasteiger partial charge on any atom is -0.507 e. The van der Waals surface area contributed by atoms with Gasteiger partial charge in [0.2, 0.25) is 11.8 Å². The molecule has 50 heavy (non-hydrogen) atoms. The first-order valence-electron chi connectivity index (χ1n) is 16.6. The Balaban J connectivity index is 1.24. The number of nitrogens with one attached hydrogen (secondary N) is 1. The molecular weight excluding hydrogens is 648 g/mol. The van der Waals surface area contributed by atoms with Crippen LogP contribution in [0.5, 0.6) is 5.75 Å². The summed E-state index contributed by atoms with van der Waals surface area (Å²) in [5.41, 5.74) is 4.80. The van der Waals surface area contributed by atoms with Crippen molar-refractivity contribution >= 4 is 46.6 Å². The van der Waals surface area contributed by atoms with Gasteiger partial charge in [-0.3, -0.25) is 43.4 Å². The standard InChI is InChI=1S/C36H40N4O10/c1-39(2)29-23-15-19-14-22-21(17-4-6-20(7-5-17)38-25(42)16-40-12-10-18(11-13-40)35(48)50-3)8-9-24(41)27(22)30(43)26(19)32(45)36(23,49)33(46)28(31(29)44)34(37)47/h4-9,18-19,23,26,28-29,41,49H,10-16H2,1-3H3,(H2,37,47)(H,38,42)/t19-,23-,26?,28?,29-,36-/m0/s1. The van der Waals surface area contributed by atoms with Gasteiger partial charge in [-0.1, -0.05) is 18.2 Å². The van der Waals surface area contributed by atoms with Gasteiger partial charge in [-0.15, -0.1) is 0 Å². The van der Waals surface area contributed by atoms with E-state index in [-0.39, 0.29) is 48.5 Å². The lowest BCUT2D eigenvalue weighted by molar-refractivity contribution is -0.181. The number of ether oxygens (including phenoxy) is 1. The maximum atomic E-state index is 14.0. The number of aliphatic hydroxyl groups is 1. The van der Waals surface area contributed by atoms with Crippen LogP contribution in [0.2, 0.25) is 0 Å². The number of methoxy groups -OCH3 is 1. The van der Waals surface area contributed by atoms with Gasteiger partial charge in [0.25, 0.3) is 0 Å². The van der Waals surface area contributed by atoms with Crippen LogP contribution in [0.25, 0.3) is 11.1 Å². The summed E-state index contributed by atoms with van der Waals surface area (Å²) < 4.78 is 4.82. The number of nitrogens with zero attached hydrogens (tertiary/aromatic N) is 2. The van der Waals surface area contributed by atoms with Crippen LogP contribution in [0.1, 0.15) is 35.2 Å². The van der Waals surface area contributed by atoms with E-state index >= 15 is 0 Å². The lowest BCUT2D eigenvalue weighted by Gasteiger charge is -2.52. The number of Topliss-reactive ketones (excluding diaryl/α,β-unsaturated/α-hetero) is 4. The Bertz CT molecular complexity index is 1800. The first-order valence-corrected chi connectivity index (χ1v) is 16.6. The molecular formula is C36H40N4O10. The molecule has 0 spiro atoms. The molecule has 0 bridgehead atoms. The summed E-state index contributed by atoms with van der Waals surface area (Å²) in [5, 5.41) is 25.5. The molecule has 2 aromatic carbocycles. The number of hydrogen-bond donors (Lipinski definition) is 4. The number of hydrogen-bond acceptors (Lipinski definition) is 12. The summed E-state index contributed by atoms with van der Waals surface area (Å²) >= 11 is 0. The van der Waals surface area contributed by atoms with E-state index in [9.17, 15) is 43.8 Å². The van der Waals surface area contributed by atoms with Crippen LogP contribution in [-0.4, -0.2) is 113 Å². The average molecular weight is 689 g/mol. The van der Waals surface area contributed by atoms with Crippen molar-refractivity contribution in [3.63, 3.8) is 0 Å². The number of rotatable bonds is 7. The van der Waals surface area contributed by atoms with Crippen molar-refractivity contribution in [2.24, 2.45) is 35.3 Å². The van der Waals surface area contributed by atoms with Gasteiger partial charge in [-0.25, -0.2) is 0 Å². The number of carbonyl (C=O) groups is 7. The number of ketones is 4. The number of phenols is 1. The third kappa shape index (κ3) is 5.70. The fourth-order valence-electron chi connectivity index (χ4n) is 8.51. The van der Waals surface area contributed by atoms with Crippen LogP contribution in [-0.2, 0) is 39.9 Å². The van der Waals surface area contributed by atoms with Gasteiger partial charge in [0.05, 0.1) is 37.1 Å². The van der Waals surface area contributed by atoms with E-state index in [1.807, 2.05) is 4.90 Å². The van der Waals surface area contributed by atoms with Gasteiger partial charge in [-0.2, -0.15) is 0 Å². The van der Waals surface area contributed by atoms with Crippen LogP contribution < -0.4 is 11.1 Å². The second-order valence-electron chi connectivity index (χ2n) is 14.0. The fourth-order valence-corrected chi connectivity index (χ4v) is 8.51. The largest absolute Gasteiger partial charge is 0.507 e. The number of fused-ring (bicyclic) bond motifs is 3. The highest BCUT2D eigenvalue weighted by Gasteiger charge is 2.69. The molecule has 6 atom stereocenters. The smallest absolute Gasteiger partial charge is 0.308 e. The van der Waals surface area contributed by atoms with E-state index in [4.69, 9.17) is 10.5 Å². The van der Waals surface area contributed by atoms with Gasteiger partial charge < -0.3 is 26.0 Å². The summed E-state index contributed by atoms with van der Waals surface area (Å²) in [6.07, 6.45) is 1.31. The topological polar surface area (TPSA) is 214 Å². The van der Waals surface area contributed by atoms with E-state index in [2.05, 4.69) is 5.32 Å².